The molecule has 4 heteroatoms. The summed E-state index contributed by atoms with van der Waals surface area (Å²) < 4.78 is 6.90. The molecule has 0 atom stereocenters. The third kappa shape index (κ3) is 3.24. The maximum atomic E-state index is 5.94. The van der Waals surface area contributed by atoms with E-state index in [4.69, 9.17) is 16.3 Å². The Kier molecular flexibility index (Phi) is 4.48. The summed E-state index contributed by atoms with van der Waals surface area (Å²) in [5.41, 5.74) is 3.32. The lowest BCUT2D eigenvalue weighted by molar-refractivity contribution is 0.302. The smallest absolute Gasteiger partial charge is 0.127 e. The Morgan fingerprint density at radius 2 is 2.24 bits per heavy atom. The lowest BCUT2D eigenvalue weighted by Gasteiger charge is -2.13. The van der Waals surface area contributed by atoms with E-state index < -0.39 is 0 Å². The summed E-state index contributed by atoms with van der Waals surface area (Å²) in [5, 5.41) is 4.14. The van der Waals surface area contributed by atoms with Gasteiger partial charge in [0.1, 0.15) is 12.4 Å². The lowest BCUT2D eigenvalue weighted by atomic mass is 10.1. The number of alkyl halides is 1. The van der Waals surface area contributed by atoms with E-state index in [1.807, 2.05) is 19.1 Å². The highest BCUT2D eigenvalue weighted by atomic mass is 79.9. The average Bonchev–Trinajstić information content (AvgIpc) is 2.79. The molecule has 0 aliphatic rings. The van der Waals surface area contributed by atoms with Crippen molar-refractivity contribution in [3.05, 3.63) is 50.1 Å². The molecular formula is C13H12BrClOS. The van der Waals surface area contributed by atoms with Gasteiger partial charge in [0.25, 0.3) is 0 Å². The molecule has 0 fully saturated rings. The van der Waals surface area contributed by atoms with Crippen LogP contribution in [0.2, 0.25) is 0 Å². The third-order valence-corrected chi connectivity index (χ3v) is 3.90. The molecule has 2 rings (SSSR count). The maximum Gasteiger partial charge on any atom is 0.127 e. The van der Waals surface area contributed by atoms with E-state index >= 15 is 0 Å². The van der Waals surface area contributed by atoms with Crippen LogP contribution in [0.1, 0.15) is 16.7 Å². The Labute approximate surface area is 119 Å². The SMILES string of the molecule is Cc1cc(Br)cc(CCl)c1OCc1ccsc1. The van der Waals surface area contributed by atoms with Crippen molar-refractivity contribution in [3.63, 3.8) is 0 Å². The van der Waals surface area contributed by atoms with Gasteiger partial charge in [0.05, 0.1) is 5.88 Å². The van der Waals surface area contributed by atoms with Crippen molar-refractivity contribution in [3.8, 4) is 5.75 Å². The second-order valence-corrected chi connectivity index (χ2v) is 5.73. The van der Waals surface area contributed by atoms with Crippen molar-refractivity contribution in [2.45, 2.75) is 19.4 Å². The standard InChI is InChI=1S/C13H12BrClOS/c1-9-4-12(14)5-11(6-15)13(9)16-7-10-2-3-17-8-10/h2-5,8H,6-7H2,1H3. The highest BCUT2D eigenvalue weighted by Crippen LogP contribution is 2.30. The molecule has 0 aliphatic carbocycles. The first-order valence-corrected chi connectivity index (χ1v) is 7.46. The van der Waals surface area contributed by atoms with Crippen LogP contribution in [0, 0.1) is 6.92 Å². The quantitative estimate of drug-likeness (QED) is 0.705. The van der Waals surface area contributed by atoms with E-state index in [9.17, 15) is 0 Å². The van der Waals surface area contributed by atoms with Gasteiger partial charge in [-0.15, -0.1) is 11.6 Å². The van der Waals surface area contributed by atoms with Crippen LogP contribution < -0.4 is 4.74 Å². The summed E-state index contributed by atoms with van der Waals surface area (Å²) in [5.74, 6) is 1.36. The first-order chi connectivity index (χ1) is 8.20. The largest absolute Gasteiger partial charge is 0.488 e. The van der Waals surface area contributed by atoms with Crippen molar-refractivity contribution < 1.29 is 4.74 Å². The number of benzene rings is 1. The fourth-order valence-electron chi connectivity index (χ4n) is 1.64. The van der Waals surface area contributed by atoms with Crippen molar-refractivity contribution in [2.75, 3.05) is 0 Å². The number of aryl methyl sites for hydroxylation is 1. The van der Waals surface area contributed by atoms with Gasteiger partial charge in [-0.25, -0.2) is 0 Å². The second-order valence-electron chi connectivity index (χ2n) is 3.76. The molecule has 17 heavy (non-hydrogen) atoms. The Morgan fingerprint density at radius 1 is 1.41 bits per heavy atom. The zero-order valence-corrected chi connectivity index (χ0v) is 12.5. The third-order valence-electron chi connectivity index (χ3n) is 2.42. The molecular weight excluding hydrogens is 320 g/mol. The Morgan fingerprint density at radius 3 is 2.88 bits per heavy atom. The van der Waals surface area contributed by atoms with Crippen LogP contribution in [0.4, 0.5) is 0 Å². The van der Waals surface area contributed by atoms with E-state index in [0.717, 1.165) is 21.3 Å². The fraction of sp³-hybridized carbons (Fsp3) is 0.231. The zero-order chi connectivity index (χ0) is 12.3. The van der Waals surface area contributed by atoms with Crippen LogP contribution in [0.25, 0.3) is 0 Å². The van der Waals surface area contributed by atoms with E-state index in [-0.39, 0.29) is 0 Å². The number of hydrogen-bond acceptors (Lipinski definition) is 2. The van der Waals surface area contributed by atoms with Crippen LogP contribution in [0.15, 0.2) is 33.4 Å². The normalized spacial score (nSPS) is 10.5. The summed E-state index contributed by atoms with van der Waals surface area (Å²) >= 11 is 11.1. The molecule has 90 valence electrons. The van der Waals surface area contributed by atoms with Gasteiger partial charge in [-0.1, -0.05) is 15.9 Å². The Balaban J connectivity index is 2.19. The topological polar surface area (TPSA) is 9.23 Å². The van der Waals surface area contributed by atoms with Gasteiger partial charge < -0.3 is 4.74 Å². The molecule has 1 aromatic carbocycles. The van der Waals surface area contributed by atoms with E-state index in [0.29, 0.717) is 12.5 Å². The van der Waals surface area contributed by atoms with E-state index in [2.05, 4.69) is 32.8 Å². The van der Waals surface area contributed by atoms with Crippen LogP contribution >= 0.6 is 38.9 Å². The molecule has 0 spiro atoms. The first kappa shape index (κ1) is 12.9. The van der Waals surface area contributed by atoms with Crippen molar-refractivity contribution >= 4 is 38.9 Å². The summed E-state index contributed by atoms with van der Waals surface area (Å²) in [6, 6.07) is 6.11. The van der Waals surface area contributed by atoms with Crippen LogP contribution in [0.5, 0.6) is 5.75 Å². The van der Waals surface area contributed by atoms with Gasteiger partial charge in [0.15, 0.2) is 0 Å². The number of ether oxygens (including phenoxy) is 1. The number of thiophene rings is 1. The van der Waals surface area contributed by atoms with E-state index in [1.165, 1.54) is 5.56 Å². The molecule has 0 aliphatic heterocycles. The number of rotatable bonds is 4. The molecule has 0 saturated carbocycles. The van der Waals surface area contributed by atoms with Gasteiger partial charge in [-0.05, 0) is 47.0 Å². The molecule has 2 aromatic rings. The zero-order valence-electron chi connectivity index (χ0n) is 9.37. The fourth-order valence-corrected chi connectivity index (χ4v) is 3.11. The van der Waals surface area contributed by atoms with E-state index in [1.54, 1.807) is 11.3 Å². The predicted molar refractivity (Wildman–Crippen MR) is 77.1 cm³/mol. The minimum atomic E-state index is 0.458. The monoisotopic (exact) mass is 330 g/mol. The van der Waals surface area contributed by atoms with Crippen molar-refractivity contribution in [1.29, 1.82) is 0 Å². The van der Waals surface area contributed by atoms with Crippen LogP contribution in [-0.4, -0.2) is 0 Å². The lowest BCUT2D eigenvalue weighted by Crippen LogP contribution is -1.99. The minimum absolute atomic E-state index is 0.458. The molecule has 0 amide bonds. The molecule has 0 saturated heterocycles. The van der Waals surface area contributed by atoms with Crippen LogP contribution in [0.3, 0.4) is 0 Å². The van der Waals surface area contributed by atoms with Gasteiger partial charge in [-0.3, -0.25) is 0 Å². The summed E-state index contributed by atoms with van der Waals surface area (Å²) in [7, 11) is 0. The summed E-state index contributed by atoms with van der Waals surface area (Å²) in [6.45, 7) is 2.62. The number of hydrogen-bond donors (Lipinski definition) is 0. The molecule has 0 N–H and O–H groups in total. The van der Waals surface area contributed by atoms with Crippen molar-refractivity contribution in [2.24, 2.45) is 0 Å². The van der Waals surface area contributed by atoms with Gasteiger partial charge >= 0.3 is 0 Å². The van der Waals surface area contributed by atoms with Gasteiger partial charge in [0.2, 0.25) is 0 Å². The highest BCUT2D eigenvalue weighted by Gasteiger charge is 2.08. The summed E-state index contributed by atoms with van der Waals surface area (Å²) in [6.07, 6.45) is 0. The highest BCUT2D eigenvalue weighted by molar-refractivity contribution is 9.10. The molecule has 0 bridgehead atoms. The maximum absolute atomic E-state index is 5.94. The second kappa shape index (κ2) is 5.89. The first-order valence-electron chi connectivity index (χ1n) is 5.19. The average molecular weight is 332 g/mol. The molecule has 1 nitrogen and oxygen atoms in total. The minimum Gasteiger partial charge on any atom is -0.488 e. The molecule has 1 heterocycles. The summed E-state index contributed by atoms with van der Waals surface area (Å²) in [4.78, 5) is 0. The Bertz CT molecular complexity index is 496. The molecule has 0 radical (unpaired) electrons. The van der Waals surface area contributed by atoms with Crippen LogP contribution in [-0.2, 0) is 12.5 Å². The van der Waals surface area contributed by atoms with Gasteiger partial charge in [-0.2, -0.15) is 11.3 Å². The number of halogens is 2. The predicted octanol–water partition coefficient (Wildman–Crippen LogP) is 5.14. The Hall–Kier alpha value is -0.510. The van der Waals surface area contributed by atoms with Crippen molar-refractivity contribution in [1.82, 2.24) is 0 Å². The molecule has 0 unspecified atom stereocenters. The van der Waals surface area contributed by atoms with Gasteiger partial charge in [0, 0.05) is 10.0 Å². The molecule has 1 aromatic heterocycles.